The van der Waals surface area contributed by atoms with Gasteiger partial charge in [0, 0.05) is 21.1 Å². The molecule has 0 aliphatic heterocycles. The summed E-state index contributed by atoms with van der Waals surface area (Å²) in [4.78, 5) is 0. The number of rotatable bonds is 0. The van der Waals surface area contributed by atoms with Gasteiger partial charge in [-0.15, -0.1) is 0 Å². The Balaban J connectivity index is 0.000000605. The zero-order chi connectivity index (χ0) is 6.81. The van der Waals surface area contributed by atoms with E-state index in [-0.39, 0.29) is 21.1 Å². The van der Waals surface area contributed by atoms with E-state index < -0.39 is 0 Å². The smallest absolute Gasteiger partial charge is 0 e. The van der Waals surface area contributed by atoms with Crippen LogP contribution in [0.1, 0.15) is 0 Å². The zero-order valence-corrected chi connectivity index (χ0v) is 8.21. The van der Waals surface area contributed by atoms with E-state index in [0.717, 1.165) is 0 Å². The molecule has 2 aromatic rings. The topological polar surface area (TPSA) is 0 Å². The van der Waals surface area contributed by atoms with Crippen LogP contribution in [-0.2, 0) is 21.1 Å². The molecule has 0 N–H and O–H groups in total. The van der Waals surface area contributed by atoms with E-state index in [1.54, 1.807) is 0 Å². The van der Waals surface area contributed by atoms with Gasteiger partial charge in [-0.1, -0.05) is 48.5 Å². The first-order valence-electron chi connectivity index (χ1n) is 3.40. The van der Waals surface area contributed by atoms with Gasteiger partial charge in [-0.05, 0) is 10.8 Å². The van der Waals surface area contributed by atoms with E-state index in [1.165, 1.54) is 10.8 Å². The summed E-state index contributed by atoms with van der Waals surface area (Å²) in [6.45, 7) is 0. The van der Waals surface area contributed by atoms with Crippen LogP contribution in [0.2, 0.25) is 0 Å². The van der Waals surface area contributed by atoms with Crippen LogP contribution in [0.4, 0.5) is 0 Å². The van der Waals surface area contributed by atoms with Gasteiger partial charge in [0.1, 0.15) is 0 Å². The van der Waals surface area contributed by atoms with Crippen molar-refractivity contribution in [3.05, 3.63) is 48.5 Å². The van der Waals surface area contributed by atoms with Gasteiger partial charge in [0.2, 0.25) is 0 Å². The first-order valence-corrected chi connectivity index (χ1v) is 3.40. The number of benzene rings is 2. The standard InChI is InChI=1S/C10H8.Pt/c1-2-6-10-8-4-3-7-9(10)5-1;/h1-8H;. The first kappa shape index (κ1) is 8.48. The third-order valence-electron chi connectivity index (χ3n) is 1.66. The average Bonchev–Trinajstić information content (AvgIpc) is 2.05. The van der Waals surface area contributed by atoms with Crippen molar-refractivity contribution in [2.45, 2.75) is 0 Å². The molecule has 0 atom stereocenters. The van der Waals surface area contributed by atoms with Crippen LogP contribution in [0, 0.1) is 0 Å². The molecule has 0 aromatic heterocycles. The van der Waals surface area contributed by atoms with E-state index in [0.29, 0.717) is 0 Å². The van der Waals surface area contributed by atoms with E-state index in [1.807, 2.05) is 0 Å². The summed E-state index contributed by atoms with van der Waals surface area (Å²) in [6.07, 6.45) is 0. The van der Waals surface area contributed by atoms with Crippen LogP contribution in [0.25, 0.3) is 10.8 Å². The van der Waals surface area contributed by atoms with Crippen LogP contribution < -0.4 is 0 Å². The molecule has 2 aromatic carbocycles. The summed E-state index contributed by atoms with van der Waals surface area (Å²) in [5.74, 6) is 0. The second kappa shape index (κ2) is 3.69. The Labute approximate surface area is 80.5 Å². The molecular weight excluding hydrogens is 315 g/mol. The Morgan fingerprint density at radius 2 is 0.818 bits per heavy atom. The Morgan fingerprint density at radius 1 is 0.545 bits per heavy atom. The summed E-state index contributed by atoms with van der Waals surface area (Å²) in [5, 5.41) is 2.62. The van der Waals surface area contributed by atoms with Gasteiger partial charge in [0.05, 0.1) is 0 Å². The molecule has 58 valence electrons. The number of fused-ring (bicyclic) bond motifs is 1. The van der Waals surface area contributed by atoms with E-state index >= 15 is 0 Å². The fourth-order valence-electron chi connectivity index (χ4n) is 1.13. The van der Waals surface area contributed by atoms with Crippen molar-refractivity contribution in [2.75, 3.05) is 0 Å². The third kappa shape index (κ3) is 1.69. The Morgan fingerprint density at radius 3 is 1.09 bits per heavy atom. The number of hydrogen-bond acceptors (Lipinski definition) is 0. The van der Waals surface area contributed by atoms with Gasteiger partial charge >= 0.3 is 0 Å². The molecule has 1 heteroatoms. The Hall–Kier alpha value is -0.612. The van der Waals surface area contributed by atoms with Crippen LogP contribution in [-0.4, -0.2) is 0 Å². The normalized spacial score (nSPS) is 9.09. The summed E-state index contributed by atoms with van der Waals surface area (Å²) >= 11 is 0. The SMILES string of the molecule is [Pt].c1ccc2ccccc2c1. The van der Waals surface area contributed by atoms with E-state index in [2.05, 4.69) is 48.5 Å². The Bertz CT molecular complexity index is 276. The molecule has 11 heavy (non-hydrogen) atoms. The molecular formula is C10H8Pt. The summed E-state index contributed by atoms with van der Waals surface area (Å²) in [6, 6.07) is 16.7. The third-order valence-corrected chi connectivity index (χ3v) is 1.66. The summed E-state index contributed by atoms with van der Waals surface area (Å²) in [5.41, 5.74) is 0. The van der Waals surface area contributed by atoms with Crippen LogP contribution in [0.5, 0.6) is 0 Å². The molecule has 0 amide bonds. The molecule has 0 nitrogen and oxygen atoms in total. The summed E-state index contributed by atoms with van der Waals surface area (Å²) in [7, 11) is 0. The fourth-order valence-corrected chi connectivity index (χ4v) is 1.13. The molecule has 0 unspecified atom stereocenters. The molecule has 0 radical (unpaired) electrons. The predicted octanol–water partition coefficient (Wildman–Crippen LogP) is 2.84. The fraction of sp³-hybridized carbons (Fsp3) is 0. The second-order valence-electron chi connectivity index (χ2n) is 2.35. The van der Waals surface area contributed by atoms with Gasteiger partial charge < -0.3 is 0 Å². The monoisotopic (exact) mass is 323 g/mol. The zero-order valence-electron chi connectivity index (χ0n) is 5.94. The molecule has 0 aliphatic carbocycles. The van der Waals surface area contributed by atoms with Crippen molar-refractivity contribution < 1.29 is 21.1 Å². The molecule has 0 spiro atoms. The molecule has 0 saturated heterocycles. The molecule has 0 heterocycles. The van der Waals surface area contributed by atoms with Crippen LogP contribution in [0.15, 0.2) is 48.5 Å². The van der Waals surface area contributed by atoms with Crippen molar-refractivity contribution in [3.8, 4) is 0 Å². The maximum atomic E-state index is 2.12. The second-order valence-corrected chi connectivity index (χ2v) is 2.35. The molecule has 0 saturated carbocycles. The van der Waals surface area contributed by atoms with Gasteiger partial charge in [-0.3, -0.25) is 0 Å². The predicted molar refractivity (Wildman–Crippen MR) is 43.9 cm³/mol. The number of hydrogen-bond donors (Lipinski definition) is 0. The minimum absolute atomic E-state index is 0. The first-order chi connectivity index (χ1) is 4.97. The van der Waals surface area contributed by atoms with Crippen molar-refractivity contribution in [1.82, 2.24) is 0 Å². The van der Waals surface area contributed by atoms with Gasteiger partial charge in [-0.25, -0.2) is 0 Å². The molecule has 0 fully saturated rings. The quantitative estimate of drug-likeness (QED) is 0.699. The summed E-state index contributed by atoms with van der Waals surface area (Å²) < 4.78 is 0. The Kier molecular flexibility index (Phi) is 2.84. The van der Waals surface area contributed by atoms with Crippen molar-refractivity contribution in [2.24, 2.45) is 0 Å². The molecule has 2 rings (SSSR count). The van der Waals surface area contributed by atoms with Crippen LogP contribution in [0.3, 0.4) is 0 Å². The van der Waals surface area contributed by atoms with Gasteiger partial charge in [-0.2, -0.15) is 0 Å². The van der Waals surface area contributed by atoms with Gasteiger partial charge in [0.15, 0.2) is 0 Å². The maximum Gasteiger partial charge on any atom is 0 e. The van der Waals surface area contributed by atoms with E-state index in [4.69, 9.17) is 0 Å². The minimum atomic E-state index is 0. The van der Waals surface area contributed by atoms with Crippen molar-refractivity contribution in [1.29, 1.82) is 0 Å². The van der Waals surface area contributed by atoms with Crippen molar-refractivity contribution in [3.63, 3.8) is 0 Å². The minimum Gasteiger partial charge on any atom is -0.0616 e. The van der Waals surface area contributed by atoms with Crippen LogP contribution >= 0.6 is 0 Å². The molecule has 0 aliphatic rings. The van der Waals surface area contributed by atoms with Crippen molar-refractivity contribution >= 4 is 10.8 Å². The van der Waals surface area contributed by atoms with E-state index in [9.17, 15) is 0 Å². The maximum absolute atomic E-state index is 2.12. The molecule has 0 bridgehead atoms. The average molecular weight is 323 g/mol. The largest absolute Gasteiger partial charge is 0.0616 e. The van der Waals surface area contributed by atoms with Gasteiger partial charge in [0.25, 0.3) is 0 Å².